The summed E-state index contributed by atoms with van der Waals surface area (Å²) in [7, 11) is 0. The summed E-state index contributed by atoms with van der Waals surface area (Å²) in [6, 6.07) is 0. The van der Waals surface area contributed by atoms with Crippen molar-refractivity contribution in [1.29, 1.82) is 0 Å². The molecule has 1 unspecified atom stereocenters. The van der Waals surface area contributed by atoms with E-state index in [2.05, 4.69) is 13.8 Å². The molecule has 0 aromatic carbocycles. The first kappa shape index (κ1) is 12.4. The van der Waals surface area contributed by atoms with E-state index in [1.165, 1.54) is 44.9 Å². The fourth-order valence-electron chi connectivity index (χ4n) is 3.46. The van der Waals surface area contributed by atoms with E-state index in [1.807, 2.05) is 0 Å². The van der Waals surface area contributed by atoms with E-state index >= 15 is 0 Å². The third-order valence-corrected chi connectivity index (χ3v) is 5.10. The van der Waals surface area contributed by atoms with Crippen LogP contribution in [0.5, 0.6) is 0 Å². The van der Waals surface area contributed by atoms with Crippen molar-refractivity contribution < 1.29 is 5.11 Å². The van der Waals surface area contributed by atoms with Gasteiger partial charge in [-0.3, -0.25) is 0 Å². The lowest BCUT2D eigenvalue weighted by molar-refractivity contribution is 0.0371. The third kappa shape index (κ3) is 3.00. The van der Waals surface area contributed by atoms with Crippen LogP contribution in [0.1, 0.15) is 65.2 Å². The molecule has 0 aliphatic heterocycles. The number of aliphatic hydroxyl groups excluding tert-OH is 1. The highest BCUT2D eigenvalue weighted by Gasteiger charge is 2.30. The minimum atomic E-state index is 0.0124. The smallest absolute Gasteiger partial charge is 0.0571 e. The van der Waals surface area contributed by atoms with E-state index in [4.69, 9.17) is 0 Å². The Labute approximate surface area is 101 Å². The van der Waals surface area contributed by atoms with Gasteiger partial charge >= 0.3 is 0 Å². The van der Waals surface area contributed by atoms with Gasteiger partial charge in [-0.25, -0.2) is 0 Å². The lowest BCUT2D eigenvalue weighted by Gasteiger charge is -2.36. The molecule has 1 N–H and O–H groups in total. The van der Waals surface area contributed by atoms with Gasteiger partial charge in [0.05, 0.1) is 6.10 Å². The normalized spacial score (nSPS) is 33.8. The zero-order valence-electron chi connectivity index (χ0n) is 11.0. The predicted molar refractivity (Wildman–Crippen MR) is 68.3 cm³/mol. The number of hydrogen-bond donors (Lipinski definition) is 1. The van der Waals surface area contributed by atoms with E-state index in [1.54, 1.807) is 0 Å². The Morgan fingerprint density at radius 1 is 0.938 bits per heavy atom. The summed E-state index contributed by atoms with van der Waals surface area (Å²) in [6.07, 6.45) is 10.5. The first-order valence-corrected chi connectivity index (χ1v) is 7.35. The maximum absolute atomic E-state index is 10.2. The van der Waals surface area contributed by atoms with Crippen molar-refractivity contribution in [2.45, 2.75) is 71.3 Å². The lowest BCUT2D eigenvalue weighted by atomic mass is 9.72. The van der Waals surface area contributed by atoms with Gasteiger partial charge in [-0.05, 0) is 55.8 Å². The second-order valence-corrected chi connectivity index (χ2v) is 6.52. The molecule has 2 rings (SSSR count). The quantitative estimate of drug-likeness (QED) is 0.765. The molecule has 1 nitrogen and oxygen atoms in total. The summed E-state index contributed by atoms with van der Waals surface area (Å²) in [5, 5.41) is 10.2. The van der Waals surface area contributed by atoms with Crippen LogP contribution in [-0.2, 0) is 0 Å². The van der Waals surface area contributed by atoms with Crippen LogP contribution < -0.4 is 0 Å². The van der Waals surface area contributed by atoms with Gasteiger partial charge in [0.15, 0.2) is 0 Å². The molecule has 2 aliphatic rings. The van der Waals surface area contributed by atoms with Crippen LogP contribution in [0.25, 0.3) is 0 Å². The Morgan fingerprint density at radius 2 is 1.50 bits per heavy atom. The van der Waals surface area contributed by atoms with E-state index < -0.39 is 0 Å². The zero-order chi connectivity index (χ0) is 11.5. The Balaban J connectivity index is 1.70. The van der Waals surface area contributed by atoms with Crippen molar-refractivity contribution >= 4 is 0 Å². The van der Waals surface area contributed by atoms with Crippen LogP contribution in [0.2, 0.25) is 0 Å². The number of rotatable bonds is 4. The predicted octanol–water partition coefficient (Wildman–Crippen LogP) is 4.00. The summed E-state index contributed by atoms with van der Waals surface area (Å²) in [5.41, 5.74) is 0. The molecule has 0 heterocycles. The minimum absolute atomic E-state index is 0.0124. The third-order valence-electron chi connectivity index (χ3n) is 5.10. The molecule has 1 atom stereocenters. The van der Waals surface area contributed by atoms with E-state index in [9.17, 15) is 5.11 Å². The Hall–Kier alpha value is -0.0400. The van der Waals surface area contributed by atoms with Gasteiger partial charge in [0.1, 0.15) is 0 Å². The summed E-state index contributed by atoms with van der Waals surface area (Å²) in [6.45, 7) is 4.69. The van der Waals surface area contributed by atoms with E-state index in [0.29, 0.717) is 5.92 Å². The van der Waals surface area contributed by atoms with Gasteiger partial charge in [-0.15, -0.1) is 0 Å². The molecule has 0 saturated heterocycles. The van der Waals surface area contributed by atoms with Crippen molar-refractivity contribution in [1.82, 2.24) is 0 Å². The molecule has 2 aliphatic carbocycles. The highest BCUT2D eigenvalue weighted by Crippen LogP contribution is 2.38. The van der Waals surface area contributed by atoms with Crippen LogP contribution in [-0.4, -0.2) is 11.2 Å². The molecule has 2 fully saturated rings. The second-order valence-electron chi connectivity index (χ2n) is 6.52. The van der Waals surface area contributed by atoms with Crippen LogP contribution in [0.4, 0.5) is 0 Å². The zero-order valence-corrected chi connectivity index (χ0v) is 11.0. The van der Waals surface area contributed by atoms with Crippen molar-refractivity contribution in [3.8, 4) is 0 Å². The van der Waals surface area contributed by atoms with Crippen molar-refractivity contribution in [3.63, 3.8) is 0 Å². The molecule has 0 bridgehead atoms. The van der Waals surface area contributed by atoms with Crippen molar-refractivity contribution in [3.05, 3.63) is 0 Å². The SMILES string of the molecule is CC(C)C1CCC(C(O)CC2CCC2)CC1. The molecule has 16 heavy (non-hydrogen) atoms. The monoisotopic (exact) mass is 224 g/mol. The summed E-state index contributed by atoms with van der Waals surface area (Å²) < 4.78 is 0. The van der Waals surface area contributed by atoms with Gasteiger partial charge in [0.2, 0.25) is 0 Å². The van der Waals surface area contributed by atoms with Gasteiger partial charge < -0.3 is 5.11 Å². The summed E-state index contributed by atoms with van der Waals surface area (Å²) in [4.78, 5) is 0. The second kappa shape index (κ2) is 5.53. The fraction of sp³-hybridized carbons (Fsp3) is 1.00. The Kier molecular flexibility index (Phi) is 4.29. The van der Waals surface area contributed by atoms with Gasteiger partial charge in [0, 0.05) is 0 Å². The summed E-state index contributed by atoms with van der Waals surface area (Å²) in [5.74, 6) is 3.24. The lowest BCUT2D eigenvalue weighted by Crippen LogP contribution is -2.30. The fourth-order valence-corrected chi connectivity index (χ4v) is 3.46. The standard InChI is InChI=1S/C15H28O/c1-11(2)13-6-8-14(9-7-13)15(16)10-12-4-3-5-12/h11-16H,3-10H2,1-2H3. The Morgan fingerprint density at radius 3 is 1.94 bits per heavy atom. The first-order chi connectivity index (χ1) is 7.66. The molecular formula is C15H28O. The molecule has 0 radical (unpaired) electrons. The summed E-state index contributed by atoms with van der Waals surface area (Å²) >= 11 is 0. The molecule has 0 amide bonds. The first-order valence-electron chi connectivity index (χ1n) is 7.35. The molecule has 94 valence electrons. The molecular weight excluding hydrogens is 196 g/mol. The average molecular weight is 224 g/mol. The van der Waals surface area contributed by atoms with Crippen LogP contribution in [0.15, 0.2) is 0 Å². The van der Waals surface area contributed by atoms with E-state index in [-0.39, 0.29) is 6.10 Å². The molecule has 2 saturated carbocycles. The van der Waals surface area contributed by atoms with Crippen LogP contribution >= 0.6 is 0 Å². The maximum atomic E-state index is 10.2. The number of aliphatic hydroxyl groups is 1. The Bertz CT molecular complexity index is 199. The van der Waals surface area contributed by atoms with Crippen molar-refractivity contribution in [2.24, 2.45) is 23.7 Å². The molecule has 1 heteroatoms. The van der Waals surface area contributed by atoms with Crippen LogP contribution in [0.3, 0.4) is 0 Å². The largest absolute Gasteiger partial charge is 0.393 e. The highest BCUT2D eigenvalue weighted by molar-refractivity contribution is 4.82. The van der Waals surface area contributed by atoms with Gasteiger partial charge in [-0.2, -0.15) is 0 Å². The minimum Gasteiger partial charge on any atom is -0.393 e. The number of hydrogen-bond acceptors (Lipinski definition) is 1. The van der Waals surface area contributed by atoms with Crippen molar-refractivity contribution in [2.75, 3.05) is 0 Å². The van der Waals surface area contributed by atoms with Crippen LogP contribution in [0, 0.1) is 23.7 Å². The van der Waals surface area contributed by atoms with Gasteiger partial charge in [-0.1, -0.05) is 33.1 Å². The maximum Gasteiger partial charge on any atom is 0.0571 e. The van der Waals surface area contributed by atoms with Gasteiger partial charge in [0.25, 0.3) is 0 Å². The molecule has 0 spiro atoms. The molecule has 0 aromatic heterocycles. The highest BCUT2D eigenvalue weighted by atomic mass is 16.3. The van der Waals surface area contributed by atoms with E-state index in [0.717, 1.165) is 24.2 Å². The topological polar surface area (TPSA) is 20.2 Å². The average Bonchev–Trinajstić information content (AvgIpc) is 2.23. The molecule has 0 aromatic rings.